The van der Waals surface area contributed by atoms with Gasteiger partial charge in [-0.05, 0) is 27.8 Å². The van der Waals surface area contributed by atoms with Gasteiger partial charge in [0.2, 0.25) is 5.88 Å². The van der Waals surface area contributed by atoms with E-state index in [1.54, 1.807) is 6.20 Å². The van der Waals surface area contributed by atoms with Gasteiger partial charge in [-0.1, -0.05) is 27.7 Å². The molecule has 0 aliphatic heterocycles. The average Bonchev–Trinajstić information content (AvgIpc) is 2.26. The number of halogens is 1. The van der Waals surface area contributed by atoms with Crippen molar-refractivity contribution >= 4 is 15.9 Å². The van der Waals surface area contributed by atoms with E-state index >= 15 is 0 Å². The molecular formula is C12H19BrN2O2. The Bertz CT molecular complexity index is 356. The summed E-state index contributed by atoms with van der Waals surface area (Å²) in [5.74, 6) is 1.44. The summed E-state index contributed by atoms with van der Waals surface area (Å²) in [7, 11) is 0. The van der Waals surface area contributed by atoms with Crippen LogP contribution in [0.1, 0.15) is 27.7 Å². The first-order chi connectivity index (χ1) is 7.99. The summed E-state index contributed by atoms with van der Waals surface area (Å²) in [5, 5.41) is 0. The molecule has 5 heteroatoms. The first-order valence-electron chi connectivity index (χ1n) is 5.77. The fraction of sp³-hybridized carbons (Fsp3) is 0.667. The number of rotatable bonds is 6. The van der Waals surface area contributed by atoms with Crippen molar-refractivity contribution in [2.75, 3.05) is 13.2 Å². The van der Waals surface area contributed by atoms with E-state index < -0.39 is 0 Å². The fourth-order valence-electron chi connectivity index (χ4n) is 0.994. The molecule has 1 aromatic heterocycles. The van der Waals surface area contributed by atoms with E-state index in [1.165, 1.54) is 0 Å². The van der Waals surface area contributed by atoms with Crippen LogP contribution >= 0.6 is 15.9 Å². The maximum Gasteiger partial charge on any atom is 0.319 e. The monoisotopic (exact) mass is 302 g/mol. The van der Waals surface area contributed by atoms with Crippen molar-refractivity contribution < 1.29 is 9.47 Å². The molecular weight excluding hydrogens is 284 g/mol. The van der Waals surface area contributed by atoms with Crippen molar-refractivity contribution in [3.63, 3.8) is 0 Å². The van der Waals surface area contributed by atoms with Crippen LogP contribution in [0.5, 0.6) is 11.9 Å². The Labute approximate surface area is 111 Å². The van der Waals surface area contributed by atoms with Crippen LogP contribution in [0.3, 0.4) is 0 Å². The molecule has 0 spiro atoms. The quantitative estimate of drug-likeness (QED) is 0.809. The average molecular weight is 303 g/mol. The van der Waals surface area contributed by atoms with Crippen LogP contribution in [-0.2, 0) is 0 Å². The summed E-state index contributed by atoms with van der Waals surface area (Å²) in [6, 6.07) is 0.362. The molecule has 0 amide bonds. The van der Waals surface area contributed by atoms with Gasteiger partial charge in [0.1, 0.15) is 0 Å². The largest absolute Gasteiger partial charge is 0.476 e. The minimum atomic E-state index is 0.362. The normalized spacial score (nSPS) is 11.0. The Balaban J connectivity index is 2.65. The van der Waals surface area contributed by atoms with Crippen LogP contribution in [0.2, 0.25) is 0 Å². The Hall–Kier alpha value is -0.840. The maximum absolute atomic E-state index is 5.57. The Morgan fingerprint density at radius 3 is 2.29 bits per heavy atom. The Morgan fingerprint density at radius 1 is 1.12 bits per heavy atom. The van der Waals surface area contributed by atoms with Crippen LogP contribution in [0.15, 0.2) is 10.7 Å². The topological polar surface area (TPSA) is 44.2 Å². The Morgan fingerprint density at radius 2 is 1.71 bits per heavy atom. The molecule has 0 saturated heterocycles. The van der Waals surface area contributed by atoms with E-state index in [2.05, 4.69) is 53.6 Å². The fourth-order valence-corrected chi connectivity index (χ4v) is 1.30. The second-order valence-corrected chi connectivity index (χ2v) is 5.57. The summed E-state index contributed by atoms with van der Waals surface area (Å²) in [4.78, 5) is 8.29. The lowest BCUT2D eigenvalue weighted by molar-refractivity contribution is 0.231. The highest BCUT2D eigenvalue weighted by Gasteiger charge is 2.08. The summed E-state index contributed by atoms with van der Waals surface area (Å²) in [6.07, 6.45) is 1.65. The van der Waals surface area contributed by atoms with Gasteiger partial charge in [-0.3, -0.25) is 0 Å². The highest BCUT2D eigenvalue weighted by Crippen LogP contribution is 2.23. The van der Waals surface area contributed by atoms with E-state index in [0.29, 0.717) is 36.9 Å². The van der Waals surface area contributed by atoms with Gasteiger partial charge in [0.25, 0.3) is 0 Å². The maximum atomic E-state index is 5.57. The van der Waals surface area contributed by atoms with Crippen molar-refractivity contribution in [3.8, 4) is 11.9 Å². The molecule has 96 valence electrons. The van der Waals surface area contributed by atoms with E-state index in [1.807, 2.05) is 0 Å². The summed E-state index contributed by atoms with van der Waals surface area (Å²) < 4.78 is 11.8. The molecule has 17 heavy (non-hydrogen) atoms. The van der Waals surface area contributed by atoms with Crippen molar-refractivity contribution in [2.24, 2.45) is 11.8 Å². The minimum absolute atomic E-state index is 0.362. The van der Waals surface area contributed by atoms with Crippen molar-refractivity contribution in [2.45, 2.75) is 27.7 Å². The van der Waals surface area contributed by atoms with Crippen molar-refractivity contribution in [3.05, 3.63) is 10.7 Å². The zero-order valence-electron chi connectivity index (χ0n) is 10.7. The van der Waals surface area contributed by atoms with Gasteiger partial charge in [0, 0.05) is 0 Å². The molecule has 0 radical (unpaired) electrons. The third-order valence-corrected chi connectivity index (χ3v) is 2.33. The summed E-state index contributed by atoms with van der Waals surface area (Å²) in [5.41, 5.74) is 0. The molecule has 4 nitrogen and oxygen atoms in total. The van der Waals surface area contributed by atoms with Crippen LogP contribution in [0.25, 0.3) is 0 Å². The van der Waals surface area contributed by atoms with Gasteiger partial charge in [0.05, 0.1) is 23.9 Å². The standard InChI is InChI=1S/C12H19BrN2O2/c1-8(2)6-16-11-10(13)5-14-12(15-11)17-7-9(3)4/h5,8-9H,6-7H2,1-4H3. The first kappa shape index (κ1) is 14.2. The molecule has 0 unspecified atom stereocenters. The van der Waals surface area contributed by atoms with Gasteiger partial charge in [0.15, 0.2) is 0 Å². The second-order valence-electron chi connectivity index (χ2n) is 4.72. The number of aromatic nitrogens is 2. The van der Waals surface area contributed by atoms with Gasteiger partial charge >= 0.3 is 6.01 Å². The van der Waals surface area contributed by atoms with E-state index in [-0.39, 0.29) is 0 Å². The third kappa shape index (κ3) is 5.35. The van der Waals surface area contributed by atoms with Crippen molar-refractivity contribution in [1.82, 2.24) is 9.97 Å². The SMILES string of the molecule is CC(C)COc1ncc(Br)c(OCC(C)C)n1. The molecule has 0 aliphatic carbocycles. The number of ether oxygens (including phenoxy) is 2. The van der Waals surface area contributed by atoms with Gasteiger partial charge in [-0.15, -0.1) is 0 Å². The molecule has 0 bridgehead atoms. The molecule has 0 aromatic carbocycles. The van der Waals surface area contributed by atoms with E-state index in [4.69, 9.17) is 9.47 Å². The van der Waals surface area contributed by atoms with Gasteiger partial charge < -0.3 is 9.47 Å². The highest BCUT2D eigenvalue weighted by atomic mass is 79.9. The molecule has 1 aromatic rings. The van der Waals surface area contributed by atoms with Gasteiger partial charge in [-0.25, -0.2) is 4.98 Å². The van der Waals surface area contributed by atoms with Crippen molar-refractivity contribution in [1.29, 1.82) is 0 Å². The zero-order valence-corrected chi connectivity index (χ0v) is 12.3. The van der Waals surface area contributed by atoms with E-state index in [9.17, 15) is 0 Å². The molecule has 0 N–H and O–H groups in total. The molecule has 0 fully saturated rings. The summed E-state index contributed by atoms with van der Waals surface area (Å²) >= 11 is 3.36. The number of hydrogen-bond donors (Lipinski definition) is 0. The van der Waals surface area contributed by atoms with Crippen LogP contribution < -0.4 is 9.47 Å². The molecule has 0 saturated carbocycles. The molecule has 1 rings (SSSR count). The lowest BCUT2D eigenvalue weighted by atomic mass is 10.2. The van der Waals surface area contributed by atoms with Crippen LogP contribution in [-0.4, -0.2) is 23.2 Å². The zero-order chi connectivity index (χ0) is 12.8. The van der Waals surface area contributed by atoms with Crippen LogP contribution in [0.4, 0.5) is 0 Å². The first-order valence-corrected chi connectivity index (χ1v) is 6.56. The molecule has 0 atom stereocenters. The number of nitrogens with zero attached hydrogens (tertiary/aromatic N) is 2. The predicted molar refractivity (Wildman–Crippen MR) is 70.4 cm³/mol. The second kappa shape index (κ2) is 6.79. The smallest absolute Gasteiger partial charge is 0.319 e. The molecule has 0 aliphatic rings. The number of hydrogen-bond acceptors (Lipinski definition) is 4. The van der Waals surface area contributed by atoms with Crippen LogP contribution in [0, 0.1) is 11.8 Å². The predicted octanol–water partition coefficient (Wildman–Crippen LogP) is 3.31. The minimum Gasteiger partial charge on any atom is -0.476 e. The molecule has 1 heterocycles. The third-order valence-electron chi connectivity index (χ3n) is 1.79. The highest BCUT2D eigenvalue weighted by molar-refractivity contribution is 9.10. The van der Waals surface area contributed by atoms with Gasteiger partial charge in [-0.2, -0.15) is 4.98 Å². The Kier molecular flexibility index (Phi) is 5.68. The summed E-state index contributed by atoms with van der Waals surface area (Å²) in [6.45, 7) is 9.56. The lowest BCUT2D eigenvalue weighted by Gasteiger charge is -2.11. The lowest BCUT2D eigenvalue weighted by Crippen LogP contribution is -2.10. The van der Waals surface area contributed by atoms with E-state index in [0.717, 1.165) is 4.47 Å².